The molecule has 1 aromatic carbocycles. The molecule has 1 fully saturated rings. The minimum Gasteiger partial charge on any atom is -0.455 e. The van der Waals surface area contributed by atoms with E-state index in [4.69, 9.17) is 9.72 Å². The van der Waals surface area contributed by atoms with Crippen molar-refractivity contribution in [3.8, 4) is 0 Å². The van der Waals surface area contributed by atoms with E-state index in [9.17, 15) is 14.4 Å². The molecule has 2 aliphatic rings. The van der Waals surface area contributed by atoms with Crippen molar-refractivity contribution in [2.75, 3.05) is 13.1 Å². The van der Waals surface area contributed by atoms with Crippen LogP contribution in [0.3, 0.4) is 0 Å². The van der Waals surface area contributed by atoms with Crippen LogP contribution in [0.5, 0.6) is 0 Å². The van der Waals surface area contributed by atoms with Gasteiger partial charge in [-0.3, -0.25) is 14.4 Å². The topological polar surface area (TPSA) is 113 Å². The molecule has 9 heteroatoms. The molecule has 2 aliphatic heterocycles. The maximum atomic E-state index is 13.1. The minimum atomic E-state index is -0.656. The highest BCUT2D eigenvalue weighted by Crippen LogP contribution is 2.22. The lowest BCUT2D eigenvalue weighted by Crippen LogP contribution is -2.58. The van der Waals surface area contributed by atoms with Crippen LogP contribution in [0.2, 0.25) is 0 Å². The third kappa shape index (κ3) is 6.76. The van der Waals surface area contributed by atoms with Crippen LogP contribution in [0.25, 0.3) is 17.0 Å². The van der Waals surface area contributed by atoms with Gasteiger partial charge in [-0.1, -0.05) is 51.1 Å². The molecular weight excluding hydrogens is 482 g/mol. The van der Waals surface area contributed by atoms with E-state index in [-0.39, 0.29) is 29.7 Å². The van der Waals surface area contributed by atoms with Gasteiger partial charge in [-0.25, -0.2) is 15.4 Å². The van der Waals surface area contributed by atoms with Crippen molar-refractivity contribution in [2.24, 2.45) is 11.8 Å². The smallest absolute Gasteiger partial charge is 0.325 e. The van der Waals surface area contributed by atoms with E-state index in [0.717, 1.165) is 29.4 Å². The van der Waals surface area contributed by atoms with Crippen LogP contribution in [0, 0.1) is 11.8 Å². The number of aromatic nitrogens is 1. The summed E-state index contributed by atoms with van der Waals surface area (Å²) < 4.78 is 5.81. The van der Waals surface area contributed by atoms with E-state index in [2.05, 4.69) is 16.1 Å². The predicted molar refractivity (Wildman–Crippen MR) is 147 cm³/mol. The summed E-state index contributed by atoms with van der Waals surface area (Å²) in [6.45, 7) is 10.6. The van der Waals surface area contributed by atoms with Gasteiger partial charge in [-0.15, -0.1) is 0 Å². The number of amides is 2. The molecular formula is C29H39N5O4. The number of hydrazine groups is 1. The molecule has 1 saturated heterocycles. The fourth-order valence-electron chi connectivity index (χ4n) is 4.82. The monoisotopic (exact) mass is 521 g/mol. The molecule has 4 rings (SSSR count). The molecule has 9 nitrogen and oxygen atoms in total. The second-order valence-electron chi connectivity index (χ2n) is 10.8. The number of carbonyl (C=O) groups excluding carboxylic acids is 3. The quantitative estimate of drug-likeness (QED) is 0.494. The van der Waals surface area contributed by atoms with E-state index in [1.807, 2.05) is 82.1 Å². The number of nitrogens with one attached hydrogen (secondary N) is 3. The molecule has 6 unspecified atom stereocenters. The first-order chi connectivity index (χ1) is 18.1. The summed E-state index contributed by atoms with van der Waals surface area (Å²) in [5, 5.41) is 8.89. The average molecular weight is 522 g/mol. The van der Waals surface area contributed by atoms with Gasteiger partial charge in [0.25, 0.3) is 0 Å². The van der Waals surface area contributed by atoms with Crippen LogP contribution in [0.1, 0.15) is 64.8 Å². The zero-order chi connectivity index (χ0) is 27.4. The number of ether oxygens (including phenoxy) is 1. The first-order valence-electron chi connectivity index (χ1n) is 13.5. The minimum absolute atomic E-state index is 0.0843. The molecule has 0 saturated carbocycles. The predicted octanol–water partition coefficient (Wildman–Crippen LogP) is 3.12. The number of carbonyl (C=O) groups is 3. The van der Waals surface area contributed by atoms with Crippen LogP contribution >= 0.6 is 0 Å². The van der Waals surface area contributed by atoms with E-state index in [1.165, 1.54) is 0 Å². The molecule has 0 aliphatic carbocycles. The fraction of sp³-hybridized carbons (Fsp3) is 0.517. The first-order valence-corrected chi connectivity index (χ1v) is 13.5. The molecule has 3 N–H and O–H groups in total. The van der Waals surface area contributed by atoms with Gasteiger partial charge in [-0.2, -0.15) is 0 Å². The number of fused-ring (bicyclic) bond motifs is 4. The van der Waals surface area contributed by atoms with E-state index < -0.39 is 24.1 Å². The highest BCUT2D eigenvalue weighted by molar-refractivity contribution is 5.90. The Morgan fingerprint density at radius 1 is 1.03 bits per heavy atom. The van der Waals surface area contributed by atoms with Gasteiger partial charge < -0.3 is 15.4 Å². The van der Waals surface area contributed by atoms with Crippen molar-refractivity contribution < 1.29 is 19.1 Å². The summed E-state index contributed by atoms with van der Waals surface area (Å²) in [4.78, 5) is 43.8. The molecule has 6 atom stereocenters. The van der Waals surface area contributed by atoms with Gasteiger partial charge in [0.05, 0.1) is 17.1 Å². The van der Waals surface area contributed by atoms with Gasteiger partial charge >= 0.3 is 5.97 Å². The molecule has 5 bridgehead atoms. The second-order valence-corrected chi connectivity index (χ2v) is 10.8. The summed E-state index contributed by atoms with van der Waals surface area (Å²) in [6.07, 6.45) is 4.70. The van der Waals surface area contributed by atoms with E-state index in [0.29, 0.717) is 18.7 Å². The average Bonchev–Trinajstić information content (AvgIpc) is 2.88. The van der Waals surface area contributed by atoms with Crippen LogP contribution in [0.4, 0.5) is 0 Å². The lowest BCUT2D eigenvalue weighted by atomic mass is 10.0. The van der Waals surface area contributed by atoms with Crippen molar-refractivity contribution >= 4 is 34.8 Å². The Bertz CT molecular complexity index is 1210. The second kappa shape index (κ2) is 12.0. The highest BCUT2D eigenvalue weighted by atomic mass is 16.5. The third-order valence-electron chi connectivity index (χ3n) is 7.11. The lowest BCUT2D eigenvalue weighted by molar-refractivity contribution is -0.154. The molecule has 2 aromatic rings. The van der Waals surface area contributed by atoms with E-state index in [1.54, 1.807) is 0 Å². The molecule has 1 aromatic heterocycles. The Hall–Kier alpha value is -3.30. The van der Waals surface area contributed by atoms with Crippen molar-refractivity contribution in [3.05, 3.63) is 47.7 Å². The lowest BCUT2D eigenvalue weighted by Gasteiger charge is -2.35. The Balaban J connectivity index is 1.64. The number of hydrogen-bond acceptors (Lipinski definition) is 7. The maximum absolute atomic E-state index is 13.1. The van der Waals surface area contributed by atoms with Crippen LogP contribution in [-0.2, 0) is 19.1 Å². The molecule has 3 heterocycles. The number of hydrogen-bond donors (Lipinski definition) is 3. The van der Waals surface area contributed by atoms with Crippen molar-refractivity contribution in [2.45, 2.75) is 71.7 Å². The summed E-state index contributed by atoms with van der Waals surface area (Å²) in [7, 11) is 0. The zero-order valence-electron chi connectivity index (χ0n) is 22.9. The number of cyclic esters (lactones) is 1. The number of pyridine rings is 1. The maximum Gasteiger partial charge on any atom is 0.325 e. The summed E-state index contributed by atoms with van der Waals surface area (Å²) in [5.41, 5.74) is 5.62. The van der Waals surface area contributed by atoms with Crippen LogP contribution < -0.4 is 16.1 Å². The Morgan fingerprint density at radius 2 is 1.79 bits per heavy atom. The molecule has 38 heavy (non-hydrogen) atoms. The van der Waals surface area contributed by atoms with Gasteiger partial charge in [0, 0.05) is 24.5 Å². The fourth-order valence-corrected chi connectivity index (χ4v) is 4.82. The largest absolute Gasteiger partial charge is 0.455 e. The summed E-state index contributed by atoms with van der Waals surface area (Å²) >= 11 is 0. The third-order valence-corrected chi connectivity index (χ3v) is 7.11. The first kappa shape index (κ1) is 27.7. The van der Waals surface area contributed by atoms with E-state index >= 15 is 0 Å². The van der Waals surface area contributed by atoms with Crippen LogP contribution in [-0.4, -0.2) is 59.0 Å². The Labute approximate surface area is 224 Å². The van der Waals surface area contributed by atoms with Gasteiger partial charge in [0.2, 0.25) is 11.8 Å². The number of benzene rings is 1. The van der Waals surface area contributed by atoms with Crippen molar-refractivity contribution in [1.29, 1.82) is 0 Å². The summed E-state index contributed by atoms with van der Waals surface area (Å²) in [5.74, 6) is -1.27. The molecule has 2 amide bonds. The molecule has 0 radical (unpaired) electrons. The van der Waals surface area contributed by atoms with Gasteiger partial charge in [-0.05, 0) is 50.3 Å². The van der Waals surface area contributed by atoms with Crippen molar-refractivity contribution in [3.63, 3.8) is 0 Å². The Kier molecular flexibility index (Phi) is 8.79. The standard InChI is InChI=1S/C29H39N5O4/c1-17(2)26-28(36)30-19(4)16-34-14-6-7-24(33-34)29(37)38-20(5)23-13-12-22-11-10-21(15-25(22)31-23)9-8-18(3)27(35)32-26/h8-13,15,17-20,24,26,33H,6-7,14,16H2,1-5H3,(H,30,36)(H,32,35). The SMILES string of the molecule is CC1CN2CCCC(N2)C(=O)OC(C)c2ccc3ccc(cc3n2)C=CC(C)C(=O)NC(C(C)C)C(=O)N1. The zero-order valence-corrected chi connectivity index (χ0v) is 22.9. The van der Waals surface area contributed by atoms with Crippen LogP contribution in [0.15, 0.2) is 36.4 Å². The highest BCUT2D eigenvalue weighted by Gasteiger charge is 2.30. The normalized spacial score (nSPS) is 29.6. The number of nitrogens with zero attached hydrogens (tertiary/aromatic N) is 2. The van der Waals surface area contributed by atoms with Gasteiger partial charge in [0.1, 0.15) is 18.2 Å². The summed E-state index contributed by atoms with van der Waals surface area (Å²) in [6, 6.07) is 8.42. The van der Waals surface area contributed by atoms with Gasteiger partial charge in [0.15, 0.2) is 0 Å². The number of rotatable bonds is 1. The number of esters is 1. The molecule has 204 valence electrons. The molecule has 0 spiro atoms. The Morgan fingerprint density at radius 3 is 2.55 bits per heavy atom. The van der Waals surface area contributed by atoms with Crippen molar-refractivity contribution in [1.82, 2.24) is 26.1 Å².